The highest BCUT2D eigenvalue weighted by atomic mass is 15.2. The first-order valence-corrected chi connectivity index (χ1v) is 6.38. The first-order chi connectivity index (χ1) is 7.84. The van der Waals surface area contributed by atoms with Crippen LogP contribution in [0, 0.1) is 5.92 Å². The van der Waals surface area contributed by atoms with Crippen molar-refractivity contribution >= 4 is 5.82 Å². The summed E-state index contributed by atoms with van der Waals surface area (Å²) in [6.45, 7) is 1.17. The number of fused-ring (bicyclic) bond motifs is 1. The van der Waals surface area contributed by atoms with Gasteiger partial charge in [-0.15, -0.1) is 0 Å². The molecule has 3 heteroatoms. The Hall–Kier alpha value is -1.12. The molecule has 1 heterocycles. The maximum Gasteiger partial charge on any atom is 0.135 e. The van der Waals surface area contributed by atoms with Gasteiger partial charge in [0.1, 0.15) is 12.1 Å². The van der Waals surface area contributed by atoms with Crippen LogP contribution >= 0.6 is 0 Å². The average Bonchev–Trinajstić information content (AvgIpc) is 2.70. The summed E-state index contributed by atoms with van der Waals surface area (Å²) in [7, 11) is 2.18. The molecule has 1 fully saturated rings. The van der Waals surface area contributed by atoms with Crippen molar-refractivity contribution in [1.29, 1.82) is 0 Å². The Bertz CT molecular complexity index is 385. The molecule has 1 saturated carbocycles. The SMILES string of the molecule is CN(CC1CCC1)c1ncnc2c1CCC2. The highest BCUT2D eigenvalue weighted by Crippen LogP contribution is 2.31. The van der Waals surface area contributed by atoms with Gasteiger partial charge in [-0.2, -0.15) is 0 Å². The number of hydrogen-bond donors (Lipinski definition) is 0. The Morgan fingerprint density at radius 3 is 2.88 bits per heavy atom. The molecule has 0 radical (unpaired) electrons. The molecule has 0 unspecified atom stereocenters. The molecule has 0 N–H and O–H groups in total. The minimum atomic E-state index is 0.900. The molecule has 0 saturated heterocycles. The van der Waals surface area contributed by atoms with Crippen LogP contribution in [0.1, 0.15) is 36.9 Å². The lowest BCUT2D eigenvalue weighted by Crippen LogP contribution is -2.30. The van der Waals surface area contributed by atoms with Crippen molar-refractivity contribution in [3.8, 4) is 0 Å². The Kier molecular flexibility index (Phi) is 2.54. The Balaban J connectivity index is 1.79. The van der Waals surface area contributed by atoms with E-state index in [4.69, 9.17) is 0 Å². The molecule has 1 aromatic rings. The summed E-state index contributed by atoms with van der Waals surface area (Å²) in [5.74, 6) is 2.09. The average molecular weight is 217 g/mol. The number of nitrogens with zero attached hydrogens (tertiary/aromatic N) is 3. The zero-order valence-corrected chi connectivity index (χ0v) is 9.95. The third kappa shape index (κ3) is 1.68. The molecule has 0 bridgehead atoms. The predicted molar refractivity (Wildman–Crippen MR) is 64.7 cm³/mol. The molecule has 2 aliphatic carbocycles. The second-order valence-corrected chi connectivity index (χ2v) is 5.15. The van der Waals surface area contributed by atoms with Crippen LogP contribution in [0.2, 0.25) is 0 Å². The van der Waals surface area contributed by atoms with Gasteiger partial charge in [0, 0.05) is 24.8 Å². The van der Waals surface area contributed by atoms with E-state index in [1.807, 2.05) is 0 Å². The van der Waals surface area contributed by atoms with Crippen molar-refractivity contribution in [3.05, 3.63) is 17.6 Å². The van der Waals surface area contributed by atoms with Gasteiger partial charge in [-0.05, 0) is 38.0 Å². The van der Waals surface area contributed by atoms with Crippen molar-refractivity contribution in [2.24, 2.45) is 5.92 Å². The molecule has 16 heavy (non-hydrogen) atoms. The standard InChI is InChI=1S/C13H19N3/c1-16(8-10-4-2-5-10)13-11-6-3-7-12(11)14-9-15-13/h9-10H,2-8H2,1H3. The van der Waals surface area contributed by atoms with E-state index in [2.05, 4.69) is 21.9 Å². The molecule has 0 aromatic carbocycles. The third-order valence-electron chi connectivity index (χ3n) is 3.97. The van der Waals surface area contributed by atoms with Gasteiger partial charge in [-0.3, -0.25) is 0 Å². The topological polar surface area (TPSA) is 29.0 Å². The van der Waals surface area contributed by atoms with Crippen molar-refractivity contribution in [2.45, 2.75) is 38.5 Å². The van der Waals surface area contributed by atoms with Crippen LogP contribution in [0.4, 0.5) is 5.82 Å². The van der Waals surface area contributed by atoms with Crippen molar-refractivity contribution in [1.82, 2.24) is 9.97 Å². The fourth-order valence-corrected chi connectivity index (χ4v) is 2.82. The van der Waals surface area contributed by atoms with Crippen LogP contribution in [0.25, 0.3) is 0 Å². The van der Waals surface area contributed by atoms with E-state index in [1.54, 1.807) is 6.33 Å². The lowest BCUT2D eigenvalue weighted by molar-refractivity contribution is 0.321. The molecule has 0 aliphatic heterocycles. The van der Waals surface area contributed by atoms with Gasteiger partial charge in [0.15, 0.2) is 0 Å². The second-order valence-electron chi connectivity index (χ2n) is 5.15. The highest BCUT2D eigenvalue weighted by Gasteiger charge is 2.23. The van der Waals surface area contributed by atoms with Crippen LogP contribution in [-0.2, 0) is 12.8 Å². The van der Waals surface area contributed by atoms with Crippen molar-refractivity contribution in [2.75, 3.05) is 18.5 Å². The summed E-state index contributed by atoms with van der Waals surface area (Å²) in [5, 5.41) is 0. The van der Waals surface area contributed by atoms with Crippen molar-refractivity contribution in [3.63, 3.8) is 0 Å². The Morgan fingerprint density at radius 1 is 1.25 bits per heavy atom. The molecule has 1 aromatic heterocycles. The van der Waals surface area contributed by atoms with Gasteiger partial charge in [0.2, 0.25) is 0 Å². The first kappa shape index (κ1) is 10.1. The molecule has 3 nitrogen and oxygen atoms in total. The molecule has 0 spiro atoms. The minimum absolute atomic E-state index is 0.900. The Labute approximate surface area is 96.9 Å². The summed E-state index contributed by atoms with van der Waals surface area (Å²) in [4.78, 5) is 11.2. The predicted octanol–water partition coefficient (Wildman–Crippen LogP) is 2.20. The number of aryl methyl sites for hydroxylation is 1. The lowest BCUT2D eigenvalue weighted by atomic mass is 9.85. The van der Waals surface area contributed by atoms with E-state index >= 15 is 0 Å². The zero-order valence-electron chi connectivity index (χ0n) is 9.95. The molecule has 0 amide bonds. The van der Waals surface area contributed by atoms with E-state index in [9.17, 15) is 0 Å². The maximum absolute atomic E-state index is 4.48. The van der Waals surface area contributed by atoms with Gasteiger partial charge in [-0.25, -0.2) is 9.97 Å². The van der Waals surface area contributed by atoms with Gasteiger partial charge >= 0.3 is 0 Å². The maximum atomic E-state index is 4.48. The molecular formula is C13H19N3. The van der Waals surface area contributed by atoms with Gasteiger partial charge in [-0.1, -0.05) is 6.42 Å². The van der Waals surface area contributed by atoms with Crippen LogP contribution in [-0.4, -0.2) is 23.6 Å². The fraction of sp³-hybridized carbons (Fsp3) is 0.692. The first-order valence-electron chi connectivity index (χ1n) is 6.38. The number of aromatic nitrogens is 2. The summed E-state index contributed by atoms with van der Waals surface area (Å²) < 4.78 is 0. The van der Waals surface area contributed by atoms with Crippen LogP contribution < -0.4 is 4.90 Å². The molecule has 86 valence electrons. The Morgan fingerprint density at radius 2 is 2.12 bits per heavy atom. The number of anilines is 1. The summed E-state index contributed by atoms with van der Waals surface area (Å²) in [6.07, 6.45) is 9.51. The van der Waals surface area contributed by atoms with Crippen LogP contribution in [0.15, 0.2) is 6.33 Å². The molecule has 3 rings (SSSR count). The van der Waals surface area contributed by atoms with Crippen molar-refractivity contribution < 1.29 is 0 Å². The van der Waals surface area contributed by atoms with E-state index in [0.29, 0.717) is 0 Å². The highest BCUT2D eigenvalue weighted by molar-refractivity contribution is 5.49. The third-order valence-corrected chi connectivity index (χ3v) is 3.97. The van der Waals surface area contributed by atoms with E-state index in [-0.39, 0.29) is 0 Å². The van der Waals surface area contributed by atoms with E-state index in [1.165, 1.54) is 55.7 Å². The summed E-state index contributed by atoms with van der Waals surface area (Å²) in [5.41, 5.74) is 2.69. The number of rotatable bonds is 3. The number of hydrogen-bond acceptors (Lipinski definition) is 3. The monoisotopic (exact) mass is 217 g/mol. The summed E-state index contributed by atoms with van der Waals surface area (Å²) >= 11 is 0. The lowest BCUT2D eigenvalue weighted by Gasteiger charge is -2.31. The largest absolute Gasteiger partial charge is 0.359 e. The van der Waals surface area contributed by atoms with Gasteiger partial charge < -0.3 is 4.90 Å². The van der Waals surface area contributed by atoms with E-state index in [0.717, 1.165) is 12.3 Å². The smallest absolute Gasteiger partial charge is 0.135 e. The van der Waals surface area contributed by atoms with Gasteiger partial charge in [0.05, 0.1) is 0 Å². The van der Waals surface area contributed by atoms with Crippen LogP contribution in [0.3, 0.4) is 0 Å². The zero-order chi connectivity index (χ0) is 11.0. The fourth-order valence-electron chi connectivity index (χ4n) is 2.82. The second kappa shape index (κ2) is 4.04. The summed E-state index contributed by atoms with van der Waals surface area (Å²) in [6, 6.07) is 0. The molecule has 0 atom stereocenters. The molecular weight excluding hydrogens is 198 g/mol. The quantitative estimate of drug-likeness (QED) is 0.777. The van der Waals surface area contributed by atoms with Gasteiger partial charge in [0.25, 0.3) is 0 Å². The molecule has 2 aliphatic rings. The normalized spacial score (nSPS) is 19.3. The van der Waals surface area contributed by atoms with Crippen LogP contribution in [0.5, 0.6) is 0 Å². The minimum Gasteiger partial charge on any atom is -0.359 e. The van der Waals surface area contributed by atoms with E-state index < -0.39 is 0 Å².